The molecule has 2 aromatic heterocycles. The fourth-order valence-corrected chi connectivity index (χ4v) is 2.55. The molecule has 0 aromatic carbocycles. The third kappa shape index (κ3) is 3.93. The van der Waals surface area contributed by atoms with Crippen molar-refractivity contribution in [3.63, 3.8) is 0 Å². The van der Waals surface area contributed by atoms with Gasteiger partial charge in [-0.3, -0.25) is 0 Å². The number of anilines is 1. The summed E-state index contributed by atoms with van der Waals surface area (Å²) in [5.74, 6) is 0. The average molecular weight is 295 g/mol. The van der Waals surface area contributed by atoms with Crippen LogP contribution >= 0.6 is 11.3 Å². The number of hydrogen-bond donors (Lipinski definition) is 2. The highest BCUT2D eigenvalue weighted by Gasteiger charge is 2.19. The summed E-state index contributed by atoms with van der Waals surface area (Å²) in [7, 11) is 0. The van der Waals surface area contributed by atoms with Gasteiger partial charge in [-0.2, -0.15) is 0 Å². The number of aromatic nitrogens is 3. The molecule has 0 saturated carbocycles. The van der Waals surface area contributed by atoms with Crippen molar-refractivity contribution in [2.75, 3.05) is 18.4 Å². The van der Waals surface area contributed by atoms with E-state index < -0.39 is 0 Å². The van der Waals surface area contributed by atoms with Crippen LogP contribution < -0.4 is 10.6 Å². The Morgan fingerprint density at radius 2 is 1.85 bits per heavy atom. The number of nitrogens with zero attached hydrogens (tertiary/aromatic N) is 3. The first-order chi connectivity index (χ1) is 9.15. The Hall–Kier alpha value is -1.14. The largest absolute Gasteiger partial charge is 0.359 e. The molecule has 0 aliphatic rings. The smallest absolute Gasteiger partial charge is 0.214 e. The minimum atomic E-state index is 0.0671. The first kappa shape index (κ1) is 15.3. The van der Waals surface area contributed by atoms with Crippen molar-refractivity contribution < 1.29 is 0 Å². The molecule has 0 spiro atoms. The number of imidazole rings is 1. The molecule has 0 fully saturated rings. The summed E-state index contributed by atoms with van der Waals surface area (Å²) in [6.45, 7) is 14.8. The summed E-state index contributed by atoms with van der Waals surface area (Å²) in [6.07, 6.45) is 2.02. The monoisotopic (exact) mass is 295 g/mol. The lowest BCUT2D eigenvalue weighted by Crippen LogP contribution is -2.38. The second-order valence-corrected chi connectivity index (χ2v) is 8.07. The van der Waals surface area contributed by atoms with Gasteiger partial charge in [0.25, 0.3) is 0 Å². The van der Waals surface area contributed by atoms with Gasteiger partial charge in [0.15, 0.2) is 0 Å². The Kier molecular flexibility index (Phi) is 4.07. The van der Waals surface area contributed by atoms with E-state index in [0.29, 0.717) is 0 Å². The van der Waals surface area contributed by atoms with Crippen LogP contribution in [0.1, 0.15) is 47.2 Å². The van der Waals surface area contributed by atoms with Gasteiger partial charge in [-0.25, -0.2) is 9.50 Å². The summed E-state index contributed by atoms with van der Waals surface area (Å²) >= 11 is 1.59. The van der Waals surface area contributed by atoms with Gasteiger partial charge in [-0.15, -0.1) is 5.10 Å². The van der Waals surface area contributed by atoms with Crippen molar-refractivity contribution in [3.8, 4) is 0 Å². The van der Waals surface area contributed by atoms with E-state index in [1.54, 1.807) is 11.3 Å². The summed E-state index contributed by atoms with van der Waals surface area (Å²) in [5.41, 5.74) is 1.30. The van der Waals surface area contributed by atoms with Gasteiger partial charge in [0, 0.05) is 24.0 Å². The Morgan fingerprint density at radius 3 is 2.40 bits per heavy atom. The number of fused-ring (bicyclic) bond motifs is 1. The molecule has 2 rings (SSSR count). The second-order valence-electron chi connectivity index (χ2n) is 7.11. The van der Waals surface area contributed by atoms with Gasteiger partial charge < -0.3 is 10.6 Å². The van der Waals surface area contributed by atoms with Crippen molar-refractivity contribution >= 4 is 21.4 Å². The zero-order chi connectivity index (χ0) is 15.0. The molecule has 2 N–H and O–H groups in total. The van der Waals surface area contributed by atoms with E-state index in [4.69, 9.17) is 0 Å². The van der Waals surface area contributed by atoms with E-state index in [-0.39, 0.29) is 11.0 Å². The lowest BCUT2D eigenvalue weighted by atomic mass is 9.93. The summed E-state index contributed by atoms with van der Waals surface area (Å²) in [5, 5.41) is 12.2. The van der Waals surface area contributed by atoms with Crippen molar-refractivity contribution in [2.45, 2.75) is 52.5 Å². The molecule has 2 aromatic rings. The molecule has 0 aliphatic heterocycles. The van der Waals surface area contributed by atoms with E-state index in [1.165, 1.54) is 0 Å². The SMILES string of the molecule is CC(C)(C)NCCNc1nn2cc(C(C)(C)C)nc2s1. The van der Waals surface area contributed by atoms with Crippen LogP contribution in [0.3, 0.4) is 0 Å². The van der Waals surface area contributed by atoms with Gasteiger partial charge in [0.2, 0.25) is 10.1 Å². The van der Waals surface area contributed by atoms with E-state index in [1.807, 2.05) is 10.7 Å². The van der Waals surface area contributed by atoms with Crippen molar-refractivity contribution in [1.29, 1.82) is 0 Å². The fraction of sp³-hybridized carbons (Fsp3) is 0.714. The number of nitrogens with one attached hydrogen (secondary N) is 2. The van der Waals surface area contributed by atoms with E-state index in [2.05, 4.69) is 62.3 Å². The summed E-state index contributed by atoms with van der Waals surface area (Å²) in [6, 6.07) is 0. The second kappa shape index (κ2) is 5.33. The minimum Gasteiger partial charge on any atom is -0.359 e. The Labute approximate surface area is 124 Å². The Morgan fingerprint density at radius 1 is 1.15 bits per heavy atom. The quantitative estimate of drug-likeness (QED) is 0.852. The van der Waals surface area contributed by atoms with Crippen LogP contribution in [0.5, 0.6) is 0 Å². The molecule has 6 heteroatoms. The van der Waals surface area contributed by atoms with Crippen LogP contribution in [-0.2, 0) is 5.41 Å². The maximum absolute atomic E-state index is 4.64. The summed E-state index contributed by atoms with van der Waals surface area (Å²) in [4.78, 5) is 5.58. The van der Waals surface area contributed by atoms with Crippen LogP contribution in [0, 0.1) is 0 Å². The summed E-state index contributed by atoms with van der Waals surface area (Å²) < 4.78 is 1.87. The van der Waals surface area contributed by atoms with Gasteiger partial charge in [-0.1, -0.05) is 32.1 Å². The zero-order valence-corrected chi connectivity index (χ0v) is 14.1. The minimum absolute atomic E-state index is 0.0671. The normalized spacial score (nSPS) is 13.1. The predicted molar refractivity (Wildman–Crippen MR) is 85.8 cm³/mol. The van der Waals surface area contributed by atoms with Crippen LogP contribution in [-0.4, -0.2) is 33.2 Å². The topological polar surface area (TPSA) is 54.2 Å². The molecule has 20 heavy (non-hydrogen) atoms. The van der Waals surface area contributed by atoms with Crippen molar-refractivity contribution in [1.82, 2.24) is 19.9 Å². The Balaban J connectivity index is 1.94. The highest BCUT2D eigenvalue weighted by molar-refractivity contribution is 7.20. The molecule has 0 unspecified atom stereocenters. The van der Waals surface area contributed by atoms with Crippen molar-refractivity contribution in [3.05, 3.63) is 11.9 Å². The molecule has 0 atom stereocenters. The number of hydrogen-bond acceptors (Lipinski definition) is 5. The maximum Gasteiger partial charge on any atom is 0.214 e. The zero-order valence-electron chi connectivity index (χ0n) is 13.2. The Bertz CT molecular complexity index is 539. The van der Waals surface area contributed by atoms with Crippen LogP contribution in [0.4, 0.5) is 5.13 Å². The third-order valence-corrected chi connectivity index (χ3v) is 3.75. The van der Waals surface area contributed by atoms with Gasteiger partial charge in [0.1, 0.15) is 0 Å². The van der Waals surface area contributed by atoms with Gasteiger partial charge in [-0.05, 0) is 20.8 Å². The van der Waals surface area contributed by atoms with E-state index in [9.17, 15) is 0 Å². The third-order valence-electron chi connectivity index (χ3n) is 2.87. The number of rotatable bonds is 4. The average Bonchev–Trinajstić information content (AvgIpc) is 2.79. The highest BCUT2D eigenvalue weighted by Crippen LogP contribution is 2.25. The standard InChI is InChI=1S/C14H25N5S/c1-13(2,3)10-9-19-12(17-10)20-11(18-19)15-7-8-16-14(4,5)6/h9,16H,7-8H2,1-6H3,(H,15,18). The molecule has 0 saturated heterocycles. The van der Waals surface area contributed by atoms with Gasteiger partial charge >= 0.3 is 0 Å². The molecule has 0 bridgehead atoms. The lowest BCUT2D eigenvalue weighted by molar-refractivity contribution is 0.435. The lowest BCUT2D eigenvalue weighted by Gasteiger charge is -2.20. The molecule has 0 radical (unpaired) electrons. The molecular weight excluding hydrogens is 270 g/mol. The van der Waals surface area contributed by atoms with E-state index >= 15 is 0 Å². The van der Waals surface area contributed by atoms with Gasteiger partial charge in [0.05, 0.1) is 11.9 Å². The molecule has 2 heterocycles. The molecule has 0 amide bonds. The first-order valence-corrected chi connectivity index (χ1v) is 7.82. The molecular formula is C14H25N5S. The molecule has 0 aliphatic carbocycles. The van der Waals surface area contributed by atoms with Crippen molar-refractivity contribution in [2.24, 2.45) is 0 Å². The van der Waals surface area contributed by atoms with E-state index in [0.717, 1.165) is 28.9 Å². The van der Waals surface area contributed by atoms with Crippen LogP contribution in [0.25, 0.3) is 4.96 Å². The highest BCUT2D eigenvalue weighted by atomic mass is 32.1. The maximum atomic E-state index is 4.64. The predicted octanol–water partition coefficient (Wildman–Crippen LogP) is 2.89. The molecule has 112 valence electrons. The fourth-order valence-electron chi connectivity index (χ4n) is 1.74. The van der Waals surface area contributed by atoms with Crippen LogP contribution in [0.2, 0.25) is 0 Å². The van der Waals surface area contributed by atoms with Crippen LogP contribution in [0.15, 0.2) is 6.20 Å². The first-order valence-electron chi connectivity index (χ1n) is 7.01. The molecule has 5 nitrogen and oxygen atoms in total.